The van der Waals surface area contributed by atoms with Crippen molar-refractivity contribution in [2.75, 3.05) is 18.4 Å². The fraction of sp³-hybridized carbons (Fsp3) is 0.588. The van der Waals surface area contributed by atoms with E-state index in [9.17, 15) is 0 Å². The number of allylic oxidation sites excluding steroid dienone is 5. The topological polar surface area (TPSA) is 15.3 Å². The summed E-state index contributed by atoms with van der Waals surface area (Å²) in [6, 6.07) is 7.13. The van der Waals surface area contributed by atoms with Crippen LogP contribution in [0.4, 0.5) is 5.69 Å². The van der Waals surface area contributed by atoms with Crippen LogP contribution in [0.3, 0.4) is 0 Å². The van der Waals surface area contributed by atoms with E-state index < -0.39 is 4.08 Å². The number of hydrogen-bond donors (Lipinski definition) is 4. The lowest BCUT2D eigenvalue weighted by Gasteiger charge is -2.51. The van der Waals surface area contributed by atoms with Crippen molar-refractivity contribution in [3.8, 4) is 0 Å². The molecular weight excluding hydrogens is 533 g/mol. The molecule has 1 spiro atoms. The molecule has 0 radical (unpaired) electrons. The maximum Gasteiger partial charge on any atom is 0.0692 e. The first-order valence-electron chi connectivity index (χ1n) is 14.6. The van der Waals surface area contributed by atoms with Crippen LogP contribution < -0.4 is 5.32 Å². The molecule has 1 aliphatic heterocycles. The van der Waals surface area contributed by atoms with Gasteiger partial charge in [-0.3, -0.25) is 0 Å². The summed E-state index contributed by atoms with van der Waals surface area (Å²) in [6.07, 6.45) is 15.6. The zero-order chi connectivity index (χ0) is 29.0. The summed E-state index contributed by atoms with van der Waals surface area (Å²) in [4.78, 5) is 2.51. The lowest BCUT2D eigenvalue weighted by molar-refractivity contribution is 0.0408. The number of aryl methyl sites for hydroxylation is 1. The van der Waals surface area contributed by atoms with Crippen molar-refractivity contribution in [2.45, 2.75) is 94.9 Å². The molecule has 216 valence electrons. The van der Waals surface area contributed by atoms with E-state index in [-0.39, 0.29) is 4.75 Å². The van der Waals surface area contributed by atoms with Gasteiger partial charge in [0.05, 0.1) is 4.08 Å². The van der Waals surface area contributed by atoms with Gasteiger partial charge in [-0.2, -0.15) is 37.9 Å². The van der Waals surface area contributed by atoms with Crippen LogP contribution in [0.15, 0.2) is 61.2 Å². The molecule has 1 saturated carbocycles. The maximum absolute atomic E-state index is 5.03. The van der Waals surface area contributed by atoms with Gasteiger partial charge in [0.2, 0.25) is 0 Å². The lowest BCUT2D eigenvalue weighted by atomic mass is 9.59. The van der Waals surface area contributed by atoms with Crippen molar-refractivity contribution in [2.24, 2.45) is 17.3 Å². The Hall–Kier alpha value is -1.17. The Morgan fingerprint density at radius 2 is 1.85 bits per heavy atom. The molecule has 3 rings (SSSR count). The summed E-state index contributed by atoms with van der Waals surface area (Å²) < 4.78 is -0.703. The maximum atomic E-state index is 5.03. The number of nitrogens with one attached hydrogen (secondary N) is 1. The molecule has 2 aliphatic rings. The van der Waals surface area contributed by atoms with Gasteiger partial charge in [0.15, 0.2) is 0 Å². The summed E-state index contributed by atoms with van der Waals surface area (Å²) >= 11 is 14.9. The third-order valence-electron chi connectivity index (χ3n) is 9.01. The molecule has 0 amide bonds. The van der Waals surface area contributed by atoms with E-state index in [0.717, 1.165) is 25.2 Å². The van der Waals surface area contributed by atoms with Crippen LogP contribution in [-0.4, -0.2) is 32.9 Å². The molecule has 39 heavy (non-hydrogen) atoms. The molecule has 2 nitrogen and oxygen atoms in total. The summed E-state index contributed by atoms with van der Waals surface area (Å²) in [5, 5.41) is 3.54. The minimum absolute atomic E-state index is 0.273. The fourth-order valence-corrected chi connectivity index (χ4v) is 7.26. The van der Waals surface area contributed by atoms with Gasteiger partial charge in [0.25, 0.3) is 0 Å². The molecular formula is C34H52N2S3. The summed E-state index contributed by atoms with van der Waals surface area (Å²) in [6.45, 7) is 23.5. The molecule has 2 atom stereocenters. The molecule has 2 fully saturated rings. The highest BCUT2D eigenvalue weighted by molar-refractivity contribution is 8.02. The second-order valence-electron chi connectivity index (χ2n) is 12.9. The van der Waals surface area contributed by atoms with Crippen molar-refractivity contribution in [3.05, 3.63) is 72.4 Å². The van der Waals surface area contributed by atoms with Crippen LogP contribution in [0.2, 0.25) is 0 Å². The van der Waals surface area contributed by atoms with Crippen LogP contribution in [0.1, 0.15) is 84.3 Å². The fourth-order valence-electron chi connectivity index (χ4n) is 6.65. The summed E-state index contributed by atoms with van der Waals surface area (Å²) in [5.74, 6) is 1.11. The smallest absolute Gasteiger partial charge is 0.0692 e. The third-order valence-corrected chi connectivity index (χ3v) is 11.2. The average Bonchev–Trinajstić information content (AvgIpc) is 2.84. The Morgan fingerprint density at radius 1 is 1.18 bits per heavy atom. The second kappa shape index (κ2) is 13.2. The number of thiol groups is 3. The normalized spacial score (nSPS) is 22.5. The Kier molecular flexibility index (Phi) is 11.0. The highest BCUT2D eigenvalue weighted by Gasteiger charge is 2.46. The van der Waals surface area contributed by atoms with Gasteiger partial charge >= 0.3 is 0 Å². The highest BCUT2D eigenvalue weighted by atomic mass is 32.2. The van der Waals surface area contributed by atoms with Crippen LogP contribution in [-0.2, 0) is 0 Å². The van der Waals surface area contributed by atoms with Gasteiger partial charge in [0.1, 0.15) is 0 Å². The predicted octanol–water partition coefficient (Wildman–Crippen LogP) is 9.63. The number of piperidine rings is 1. The Bertz CT molecular complexity index is 1070. The molecule has 1 aliphatic carbocycles. The highest BCUT2D eigenvalue weighted by Crippen LogP contribution is 2.55. The van der Waals surface area contributed by atoms with Gasteiger partial charge in [-0.15, -0.1) is 0 Å². The number of rotatable bonds is 10. The summed E-state index contributed by atoms with van der Waals surface area (Å²) in [5.41, 5.74) is 6.63. The number of benzene rings is 1. The number of anilines is 1. The first-order chi connectivity index (χ1) is 18.2. The number of nitrogens with zero attached hydrogens (tertiary/aromatic N) is 1. The lowest BCUT2D eigenvalue weighted by Crippen LogP contribution is -2.45. The van der Waals surface area contributed by atoms with Crippen LogP contribution >= 0.6 is 37.9 Å². The van der Waals surface area contributed by atoms with E-state index in [0.29, 0.717) is 23.3 Å². The second-order valence-corrected chi connectivity index (χ2v) is 15.9. The quantitative estimate of drug-likeness (QED) is 0.124. The molecule has 1 aromatic rings. The molecule has 0 aromatic heterocycles. The summed E-state index contributed by atoms with van der Waals surface area (Å²) in [7, 11) is 0. The molecule has 1 saturated heterocycles. The van der Waals surface area contributed by atoms with Crippen molar-refractivity contribution in [1.82, 2.24) is 4.90 Å². The first kappa shape index (κ1) is 32.3. The van der Waals surface area contributed by atoms with Gasteiger partial charge in [-0.1, -0.05) is 43.5 Å². The number of likely N-dealkylation sites (tertiary alicyclic amines) is 1. The Morgan fingerprint density at radius 3 is 2.38 bits per heavy atom. The Balaban J connectivity index is 1.78. The minimum atomic E-state index is -0.430. The molecule has 5 heteroatoms. The molecule has 1 heterocycles. The number of hydrogen-bond acceptors (Lipinski definition) is 5. The molecule has 2 unspecified atom stereocenters. The average molecular weight is 585 g/mol. The zero-order valence-electron chi connectivity index (χ0n) is 25.1. The molecule has 0 bridgehead atoms. The SMILES string of the molecule is C=C/C=C\C(=C/C)C1CC(CC(S)(S)C(C)(C)S)CC2(CCN(C(=C)c3ccc(NC(C)C)c(C)c3)CC2)C1. The zero-order valence-corrected chi connectivity index (χ0v) is 27.8. The van der Waals surface area contributed by atoms with E-state index in [4.69, 9.17) is 37.9 Å². The predicted molar refractivity (Wildman–Crippen MR) is 185 cm³/mol. The monoisotopic (exact) mass is 584 g/mol. The van der Waals surface area contributed by atoms with Gasteiger partial charge in [-0.05, 0) is 126 Å². The standard InChI is InChI=1S/C34H52N2S3/c1-9-11-12-28(10-2)30-20-27(22-34(38,39)32(7,8)37)21-33(23-30)15-17-36(18-16-33)26(6)29-13-14-31(25(5)19-29)35-24(3)4/h9-14,19,24,27,30,35,37-39H,1,6,15-18,20-23H2,2-5,7-8H3/b12-11-,28-10+. The van der Waals surface area contributed by atoms with E-state index in [1.165, 1.54) is 54.5 Å². The van der Waals surface area contributed by atoms with Gasteiger partial charge in [-0.25, -0.2) is 0 Å². The van der Waals surface area contributed by atoms with E-state index in [2.05, 4.69) is 101 Å². The van der Waals surface area contributed by atoms with Crippen molar-refractivity contribution in [3.63, 3.8) is 0 Å². The van der Waals surface area contributed by atoms with E-state index >= 15 is 0 Å². The largest absolute Gasteiger partial charge is 0.383 e. The van der Waals surface area contributed by atoms with Crippen molar-refractivity contribution in [1.29, 1.82) is 0 Å². The molecule has 1 aromatic carbocycles. The van der Waals surface area contributed by atoms with Gasteiger partial charge in [0, 0.05) is 35.3 Å². The van der Waals surface area contributed by atoms with Crippen LogP contribution in [0.5, 0.6) is 0 Å². The van der Waals surface area contributed by atoms with E-state index in [1.54, 1.807) is 0 Å². The third kappa shape index (κ3) is 8.20. The van der Waals surface area contributed by atoms with Crippen molar-refractivity contribution >= 4 is 49.3 Å². The molecule has 1 N–H and O–H groups in total. The first-order valence-corrected chi connectivity index (χ1v) is 16.0. The van der Waals surface area contributed by atoms with Crippen molar-refractivity contribution < 1.29 is 0 Å². The minimum Gasteiger partial charge on any atom is -0.383 e. The Labute approximate surface area is 256 Å². The van der Waals surface area contributed by atoms with Crippen LogP contribution in [0.25, 0.3) is 5.70 Å². The van der Waals surface area contributed by atoms with E-state index in [1.807, 2.05) is 6.08 Å². The van der Waals surface area contributed by atoms with Crippen LogP contribution in [0, 0.1) is 24.2 Å². The van der Waals surface area contributed by atoms with Gasteiger partial charge < -0.3 is 10.2 Å².